The SMILES string of the molecule is Cc1cccc(N2CCN(C(=O)C3CC3C(=O)N(C)c3ccccc3)CC2)c1. The lowest BCUT2D eigenvalue weighted by Crippen LogP contribution is -2.49. The molecule has 2 amide bonds. The highest BCUT2D eigenvalue weighted by atomic mass is 16.2. The summed E-state index contributed by atoms with van der Waals surface area (Å²) < 4.78 is 0. The molecule has 2 aromatic rings. The van der Waals surface area contributed by atoms with Gasteiger partial charge in [0.1, 0.15) is 0 Å². The van der Waals surface area contributed by atoms with Crippen LogP contribution in [-0.4, -0.2) is 49.9 Å². The summed E-state index contributed by atoms with van der Waals surface area (Å²) in [4.78, 5) is 31.5. The lowest BCUT2D eigenvalue weighted by molar-refractivity contribution is -0.134. The second-order valence-corrected chi connectivity index (χ2v) is 7.83. The maximum Gasteiger partial charge on any atom is 0.230 e. The molecule has 2 unspecified atom stereocenters. The van der Waals surface area contributed by atoms with Gasteiger partial charge < -0.3 is 14.7 Å². The van der Waals surface area contributed by atoms with Crippen LogP contribution in [-0.2, 0) is 9.59 Å². The van der Waals surface area contributed by atoms with E-state index in [1.54, 1.807) is 11.9 Å². The average molecular weight is 377 g/mol. The number of rotatable bonds is 4. The fourth-order valence-electron chi connectivity index (χ4n) is 4.01. The molecule has 28 heavy (non-hydrogen) atoms. The van der Waals surface area contributed by atoms with Crippen LogP contribution < -0.4 is 9.80 Å². The molecule has 1 saturated carbocycles. The van der Waals surface area contributed by atoms with Crippen LogP contribution in [0.4, 0.5) is 11.4 Å². The zero-order chi connectivity index (χ0) is 19.7. The van der Waals surface area contributed by atoms with E-state index in [0.717, 1.165) is 31.9 Å². The molecule has 4 rings (SSSR count). The van der Waals surface area contributed by atoms with Gasteiger partial charge in [0.05, 0.1) is 11.8 Å². The second-order valence-electron chi connectivity index (χ2n) is 7.83. The average Bonchev–Trinajstić information content (AvgIpc) is 3.54. The van der Waals surface area contributed by atoms with Gasteiger partial charge in [-0.2, -0.15) is 0 Å². The zero-order valence-electron chi connectivity index (χ0n) is 16.5. The number of nitrogens with zero attached hydrogens (tertiary/aromatic N) is 3. The van der Waals surface area contributed by atoms with Crippen molar-refractivity contribution in [3.63, 3.8) is 0 Å². The predicted octanol–water partition coefficient (Wildman–Crippen LogP) is 2.94. The molecular formula is C23H27N3O2. The maximum atomic E-state index is 12.9. The van der Waals surface area contributed by atoms with E-state index in [1.807, 2.05) is 35.2 Å². The number of benzene rings is 2. The Hall–Kier alpha value is -2.82. The summed E-state index contributed by atoms with van der Waals surface area (Å²) in [6.45, 7) is 5.21. The first-order valence-electron chi connectivity index (χ1n) is 9.97. The number of hydrogen-bond acceptors (Lipinski definition) is 3. The number of carbonyl (C=O) groups is 2. The highest BCUT2D eigenvalue weighted by molar-refractivity contribution is 6.00. The molecule has 2 atom stereocenters. The first kappa shape index (κ1) is 18.5. The molecular weight excluding hydrogens is 350 g/mol. The Kier molecular flexibility index (Phi) is 5.07. The van der Waals surface area contributed by atoms with Crippen molar-refractivity contribution >= 4 is 23.2 Å². The zero-order valence-corrected chi connectivity index (χ0v) is 16.5. The third kappa shape index (κ3) is 3.75. The number of para-hydroxylation sites is 1. The summed E-state index contributed by atoms with van der Waals surface area (Å²) in [5, 5.41) is 0. The molecule has 1 saturated heterocycles. The van der Waals surface area contributed by atoms with Crippen LogP contribution in [0.5, 0.6) is 0 Å². The molecule has 0 N–H and O–H groups in total. The lowest BCUT2D eigenvalue weighted by atomic mass is 10.1. The van der Waals surface area contributed by atoms with Crippen LogP contribution in [0.3, 0.4) is 0 Å². The summed E-state index contributed by atoms with van der Waals surface area (Å²) in [6, 6.07) is 18.1. The van der Waals surface area contributed by atoms with Crippen LogP contribution in [0.2, 0.25) is 0 Å². The molecule has 5 heteroatoms. The first-order chi connectivity index (χ1) is 13.5. The van der Waals surface area contributed by atoms with Crippen molar-refractivity contribution in [2.24, 2.45) is 11.8 Å². The van der Waals surface area contributed by atoms with Gasteiger partial charge in [0, 0.05) is 44.6 Å². The van der Waals surface area contributed by atoms with Crippen LogP contribution in [0.15, 0.2) is 54.6 Å². The molecule has 0 radical (unpaired) electrons. The fraction of sp³-hybridized carbons (Fsp3) is 0.391. The first-order valence-corrected chi connectivity index (χ1v) is 9.97. The van der Waals surface area contributed by atoms with E-state index in [2.05, 4.69) is 36.1 Å². The minimum Gasteiger partial charge on any atom is -0.368 e. The van der Waals surface area contributed by atoms with E-state index in [4.69, 9.17) is 0 Å². The molecule has 146 valence electrons. The molecule has 1 aliphatic heterocycles. The minimum absolute atomic E-state index is 0.0444. The van der Waals surface area contributed by atoms with E-state index in [1.165, 1.54) is 11.3 Å². The van der Waals surface area contributed by atoms with Crippen molar-refractivity contribution in [3.05, 3.63) is 60.2 Å². The van der Waals surface area contributed by atoms with Gasteiger partial charge in [-0.15, -0.1) is 0 Å². The summed E-state index contributed by atoms with van der Waals surface area (Å²) in [7, 11) is 1.79. The highest BCUT2D eigenvalue weighted by Gasteiger charge is 2.50. The van der Waals surface area contributed by atoms with Gasteiger partial charge in [-0.1, -0.05) is 30.3 Å². The van der Waals surface area contributed by atoms with Crippen molar-refractivity contribution in [2.45, 2.75) is 13.3 Å². The highest BCUT2D eigenvalue weighted by Crippen LogP contribution is 2.42. The summed E-state index contributed by atoms with van der Waals surface area (Å²) in [6.07, 6.45) is 0.674. The molecule has 2 aromatic carbocycles. The Morgan fingerprint density at radius 3 is 2.32 bits per heavy atom. The van der Waals surface area contributed by atoms with E-state index in [-0.39, 0.29) is 23.7 Å². The quantitative estimate of drug-likeness (QED) is 0.823. The standard InChI is InChI=1S/C23H27N3O2/c1-17-7-6-10-19(15-17)25-11-13-26(14-12-25)23(28)21-16-20(21)22(27)24(2)18-8-4-3-5-9-18/h3-10,15,20-21H,11-14,16H2,1-2H3. The monoisotopic (exact) mass is 377 g/mol. The van der Waals surface area contributed by atoms with Gasteiger partial charge in [0.25, 0.3) is 0 Å². The maximum absolute atomic E-state index is 12.9. The summed E-state index contributed by atoms with van der Waals surface area (Å²) >= 11 is 0. The number of hydrogen-bond donors (Lipinski definition) is 0. The van der Waals surface area contributed by atoms with Crippen molar-refractivity contribution in [1.82, 2.24) is 4.90 Å². The Morgan fingerprint density at radius 1 is 0.929 bits per heavy atom. The molecule has 0 aromatic heterocycles. The van der Waals surface area contributed by atoms with Gasteiger partial charge in [-0.05, 0) is 43.2 Å². The van der Waals surface area contributed by atoms with Crippen LogP contribution in [0.1, 0.15) is 12.0 Å². The third-order valence-electron chi connectivity index (χ3n) is 5.86. The number of amides is 2. The van der Waals surface area contributed by atoms with Crippen LogP contribution >= 0.6 is 0 Å². The van der Waals surface area contributed by atoms with Gasteiger partial charge in [-0.3, -0.25) is 9.59 Å². The van der Waals surface area contributed by atoms with Gasteiger partial charge in [-0.25, -0.2) is 0 Å². The molecule has 1 aliphatic carbocycles. The number of aryl methyl sites for hydroxylation is 1. The Morgan fingerprint density at radius 2 is 1.64 bits per heavy atom. The van der Waals surface area contributed by atoms with Crippen molar-refractivity contribution in [1.29, 1.82) is 0 Å². The van der Waals surface area contributed by atoms with Crippen LogP contribution in [0, 0.1) is 18.8 Å². The van der Waals surface area contributed by atoms with Crippen LogP contribution in [0.25, 0.3) is 0 Å². The topological polar surface area (TPSA) is 43.9 Å². The van der Waals surface area contributed by atoms with E-state index < -0.39 is 0 Å². The number of carbonyl (C=O) groups excluding carboxylic acids is 2. The van der Waals surface area contributed by atoms with Gasteiger partial charge >= 0.3 is 0 Å². The van der Waals surface area contributed by atoms with Crippen molar-refractivity contribution in [3.8, 4) is 0 Å². The van der Waals surface area contributed by atoms with E-state index in [9.17, 15) is 9.59 Å². The third-order valence-corrected chi connectivity index (χ3v) is 5.86. The molecule has 2 aliphatic rings. The minimum atomic E-state index is -0.174. The normalized spacial score (nSPS) is 21.4. The summed E-state index contributed by atoms with van der Waals surface area (Å²) in [5.41, 5.74) is 3.34. The Balaban J connectivity index is 1.31. The molecule has 2 fully saturated rings. The molecule has 0 spiro atoms. The van der Waals surface area contributed by atoms with E-state index in [0.29, 0.717) is 6.42 Å². The molecule has 0 bridgehead atoms. The summed E-state index contributed by atoms with van der Waals surface area (Å²) in [5.74, 6) is -0.136. The Bertz CT molecular complexity index is 859. The molecule has 1 heterocycles. The Labute approximate surface area is 166 Å². The van der Waals surface area contributed by atoms with E-state index >= 15 is 0 Å². The van der Waals surface area contributed by atoms with Crippen molar-refractivity contribution < 1.29 is 9.59 Å². The van der Waals surface area contributed by atoms with Crippen molar-refractivity contribution in [2.75, 3.05) is 43.0 Å². The number of piperazine rings is 1. The van der Waals surface area contributed by atoms with Gasteiger partial charge in [0.15, 0.2) is 0 Å². The fourth-order valence-corrected chi connectivity index (χ4v) is 4.01. The smallest absolute Gasteiger partial charge is 0.230 e. The molecule has 5 nitrogen and oxygen atoms in total. The van der Waals surface area contributed by atoms with Gasteiger partial charge in [0.2, 0.25) is 11.8 Å². The second kappa shape index (κ2) is 7.66. The predicted molar refractivity (Wildman–Crippen MR) is 111 cm³/mol. The largest absolute Gasteiger partial charge is 0.368 e. The lowest BCUT2D eigenvalue weighted by Gasteiger charge is -2.36. The number of anilines is 2.